The van der Waals surface area contributed by atoms with Crippen molar-refractivity contribution in [2.75, 3.05) is 13.1 Å². The van der Waals surface area contributed by atoms with E-state index < -0.39 is 5.60 Å². The lowest BCUT2D eigenvalue weighted by atomic mass is 10.0. The molecule has 0 aromatic rings. The van der Waals surface area contributed by atoms with Gasteiger partial charge in [0.05, 0.1) is 6.04 Å². The maximum atomic E-state index is 11.6. The molecule has 94 valence electrons. The Kier molecular flexibility index (Phi) is 3.75. The van der Waals surface area contributed by atoms with Gasteiger partial charge in [-0.1, -0.05) is 0 Å². The number of rotatable bonds is 1. The number of amides is 1. The van der Waals surface area contributed by atoms with E-state index in [2.05, 4.69) is 10.6 Å². The summed E-state index contributed by atoms with van der Waals surface area (Å²) in [7, 11) is 0. The second-order valence-electron chi connectivity index (χ2n) is 5.69. The predicted octanol–water partition coefficient (Wildman–Crippen LogP) is 1.68. The van der Waals surface area contributed by atoms with Crippen LogP contribution in [0.5, 0.6) is 0 Å². The standard InChI is InChI=1S/C11H20N2O2.ClH/c1-10(2,3)15-9(14)13-8-6-12-7-11(8)4-5-11;/h8,12H,4-7H2,1-3H3,(H,13,14);1H. The first-order chi connectivity index (χ1) is 6.91. The second-order valence-corrected chi connectivity index (χ2v) is 5.69. The smallest absolute Gasteiger partial charge is 0.407 e. The number of alkyl carbamates (subject to hydrolysis) is 1. The molecule has 1 aliphatic heterocycles. The van der Waals surface area contributed by atoms with Crippen LogP contribution in [0.15, 0.2) is 0 Å². The molecule has 2 rings (SSSR count). The van der Waals surface area contributed by atoms with E-state index in [4.69, 9.17) is 4.74 Å². The minimum absolute atomic E-state index is 0. The van der Waals surface area contributed by atoms with Crippen molar-refractivity contribution in [1.82, 2.24) is 10.6 Å². The molecule has 1 saturated heterocycles. The number of nitrogens with one attached hydrogen (secondary N) is 2. The zero-order chi connectivity index (χ0) is 11.1. The van der Waals surface area contributed by atoms with Crippen molar-refractivity contribution >= 4 is 18.5 Å². The minimum Gasteiger partial charge on any atom is -0.444 e. The molecule has 0 aromatic heterocycles. The molecule has 0 aromatic carbocycles. The summed E-state index contributed by atoms with van der Waals surface area (Å²) >= 11 is 0. The van der Waals surface area contributed by atoms with Gasteiger partial charge in [-0.25, -0.2) is 4.79 Å². The number of carbonyl (C=O) groups excluding carboxylic acids is 1. The molecule has 1 saturated carbocycles. The summed E-state index contributed by atoms with van der Waals surface area (Å²) in [5.41, 5.74) is -0.0657. The van der Waals surface area contributed by atoms with Gasteiger partial charge in [-0.15, -0.1) is 12.4 Å². The lowest BCUT2D eigenvalue weighted by Gasteiger charge is -2.23. The van der Waals surface area contributed by atoms with Crippen LogP contribution >= 0.6 is 12.4 Å². The van der Waals surface area contributed by atoms with E-state index in [1.165, 1.54) is 12.8 Å². The zero-order valence-electron chi connectivity index (χ0n) is 10.1. The average Bonchev–Trinajstić information content (AvgIpc) is 2.70. The molecule has 2 N–H and O–H groups in total. The largest absolute Gasteiger partial charge is 0.444 e. The molecule has 16 heavy (non-hydrogen) atoms. The Morgan fingerprint density at radius 1 is 1.44 bits per heavy atom. The van der Waals surface area contributed by atoms with E-state index in [-0.39, 0.29) is 24.5 Å². The van der Waals surface area contributed by atoms with Crippen LogP contribution in [-0.2, 0) is 4.74 Å². The monoisotopic (exact) mass is 248 g/mol. The molecular formula is C11H21ClN2O2. The number of hydrogen-bond acceptors (Lipinski definition) is 3. The quantitative estimate of drug-likeness (QED) is 0.743. The third kappa shape index (κ3) is 3.01. The van der Waals surface area contributed by atoms with Crippen LogP contribution in [0.25, 0.3) is 0 Å². The van der Waals surface area contributed by atoms with Crippen molar-refractivity contribution in [2.24, 2.45) is 5.41 Å². The van der Waals surface area contributed by atoms with E-state index >= 15 is 0 Å². The SMILES string of the molecule is CC(C)(C)OC(=O)NC1CNCC12CC2.Cl. The summed E-state index contributed by atoms with van der Waals surface area (Å²) in [6.45, 7) is 7.55. The summed E-state index contributed by atoms with van der Waals surface area (Å²) < 4.78 is 5.24. The molecule has 2 aliphatic rings. The number of ether oxygens (including phenoxy) is 1. The second kappa shape index (κ2) is 4.41. The molecule has 0 bridgehead atoms. The van der Waals surface area contributed by atoms with Crippen LogP contribution in [0, 0.1) is 5.41 Å². The van der Waals surface area contributed by atoms with E-state index in [1.54, 1.807) is 0 Å². The Balaban J connectivity index is 0.00000128. The Morgan fingerprint density at radius 3 is 2.56 bits per heavy atom. The molecule has 5 heteroatoms. The first kappa shape index (κ1) is 13.6. The van der Waals surface area contributed by atoms with E-state index in [9.17, 15) is 4.79 Å². The van der Waals surface area contributed by atoms with Crippen molar-refractivity contribution in [3.8, 4) is 0 Å². The topological polar surface area (TPSA) is 50.4 Å². The van der Waals surface area contributed by atoms with Crippen LogP contribution in [0.3, 0.4) is 0 Å². The minimum atomic E-state index is -0.410. The van der Waals surface area contributed by atoms with Crippen molar-refractivity contribution in [3.63, 3.8) is 0 Å². The van der Waals surface area contributed by atoms with Crippen molar-refractivity contribution in [1.29, 1.82) is 0 Å². The highest BCUT2D eigenvalue weighted by Gasteiger charge is 2.52. The van der Waals surface area contributed by atoms with E-state index in [0.717, 1.165) is 13.1 Å². The van der Waals surface area contributed by atoms with Crippen LogP contribution in [-0.4, -0.2) is 30.8 Å². The fraction of sp³-hybridized carbons (Fsp3) is 0.909. The van der Waals surface area contributed by atoms with Gasteiger partial charge in [0.25, 0.3) is 0 Å². The molecule has 1 spiro atoms. The van der Waals surface area contributed by atoms with Crippen molar-refractivity contribution in [3.05, 3.63) is 0 Å². The Hall–Kier alpha value is -0.480. The van der Waals surface area contributed by atoms with Gasteiger partial charge >= 0.3 is 6.09 Å². The molecule has 1 amide bonds. The summed E-state index contributed by atoms with van der Waals surface area (Å²) in [5.74, 6) is 0. The summed E-state index contributed by atoms with van der Waals surface area (Å²) in [6.07, 6.45) is 2.16. The first-order valence-electron chi connectivity index (χ1n) is 5.62. The third-order valence-electron chi connectivity index (χ3n) is 3.15. The molecule has 0 radical (unpaired) electrons. The van der Waals surface area contributed by atoms with Gasteiger partial charge in [0, 0.05) is 18.5 Å². The van der Waals surface area contributed by atoms with Gasteiger partial charge in [-0.2, -0.15) is 0 Å². The molecule has 1 heterocycles. The maximum Gasteiger partial charge on any atom is 0.407 e. The summed E-state index contributed by atoms with van der Waals surface area (Å²) in [4.78, 5) is 11.6. The van der Waals surface area contributed by atoms with Gasteiger partial charge in [0.15, 0.2) is 0 Å². The fourth-order valence-corrected chi connectivity index (χ4v) is 2.14. The van der Waals surface area contributed by atoms with Gasteiger partial charge in [0.1, 0.15) is 5.60 Å². The molecule has 1 unspecified atom stereocenters. The summed E-state index contributed by atoms with van der Waals surface area (Å²) in [6, 6.07) is 0.257. The van der Waals surface area contributed by atoms with Gasteiger partial charge in [0.2, 0.25) is 0 Å². The molecular weight excluding hydrogens is 228 g/mol. The van der Waals surface area contributed by atoms with E-state index in [1.807, 2.05) is 20.8 Å². The molecule has 4 nitrogen and oxygen atoms in total. The van der Waals surface area contributed by atoms with Crippen LogP contribution in [0.2, 0.25) is 0 Å². The Labute approximate surface area is 103 Å². The Morgan fingerprint density at radius 2 is 2.06 bits per heavy atom. The number of hydrogen-bond donors (Lipinski definition) is 2. The summed E-state index contributed by atoms with van der Waals surface area (Å²) in [5, 5.41) is 6.29. The fourth-order valence-electron chi connectivity index (χ4n) is 2.14. The Bertz CT molecular complexity index is 272. The highest BCUT2D eigenvalue weighted by atomic mass is 35.5. The van der Waals surface area contributed by atoms with Crippen LogP contribution < -0.4 is 10.6 Å². The van der Waals surface area contributed by atoms with Crippen LogP contribution in [0.4, 0.5) is 4.79 Å². The number of halogens is 1. The third-order valence-corrected chi connectivity index (χ3v) is 3.15. The highest BCUT2D eigenvalue weighted by Crippen LogP contribution is 2.50. The highest BCUT2D eigenvalue weighted by molar-refractivity contribution is 5.85. The average molecular weight is 249 g/mol. The van der Waals surface area contributed by atoms with Gasteiger partial charge in [-0.3, -0.25) is 0 Å². The van der Waals surface area contributed by atoms with Crippen molar-refractivity contribution in [2.45, 2.75) is 45.3 Å². The van der Waals surface area contributed by atoms with Crippen LogP contribution in [0.1, 0.15) is 33.6 Å². The van der Waals surface area contributed by atoms with Crippen molar-refractivity contribution < 1.29 is 9.53 Å². The maximum absolute atomic E-state index is 11.6. The molecule has 2 fully saturated rings. The van der Waals surface area contributed by atoms with Gasteiger partial charge in [-0.05, 0) is 33.6 Å². The molecule has 1 atom stereocenters. The molecule has 1 aliphatic carbocycles. The predicted molar refractivity (Wildman–Crippen MR) is 64.9 cm³/mol. The van der Waals surface area contributed by atoms with E-state index in [0.29, 0.717) is 5.41 Å². The zero-order valence-corrected chi connectivity index (χ0v) is 10.9. The normalized spacial score (nSPS) is 26.1. The first-order valence-corrected chi connectivity index (χ1v) is 5.62. The lowest BCUT2D eigenvalue weighted by Crippen LogP contribution is -2.43. The van der Waals surface area contributed by atoms with Gasteiger partial charge < -0.3 is 15.4 Å². The lowest BCUT2D eigenvalue weighted by molar-refractivity contribution is 0.0493. The number of carbonyl (C=O) groups is 1.